The lowest BCUT2D eigenvalue weighted by molar-refractivity contribution is 1.56. The molecule has 0 unspecified atom stereocenters. The van der Waals surface area contributed by atoms with E-state index in [1.807, 2.05) is 20.8 Å². The van der Waals surface area contributed by atoms with E-state index in [0.29, 0.717) is 0 Å². The van der Waals surface area contributed by atoms with Crippen molar-refractivity contribution >= 4 is 18.2 Å². The number of rotatable bonds is 3. The molecule has 0 N–H and O–H groups in total. The summed E-state index contributed by atoms with van der Waals surface area (Å²) in [6, 6.07) is 6.56. The first-order valence-electron chi connectivity index (χ1n) is 5.33. The molecule has 0 aliphatic carbocycles. The van der Waals surface area contributed by atoms with Crippen LogP contribution in [0.25, 0.3) is 18.2 Å². The zero-order valence-corrected chi connectivity index (χ0v) is 9.70. The van der Waals surface area contributed by atoms with Crippen LogP contribution < -0.4 is 0 Å². The summed E-state index contributed by atoms with van der Waals surface area (Å²) in [5.41, 5.74) is 3.75. The van der Waals surface area contributed by atoms with E-state index < -0.39 is 0 Å². The Labute approximate surface area is 92.6 Å². The van der Waals surface area contributed by atoms with Crippen molar-refractivity contribution < 1.29 is 0 Å². The molecule has 0 heterocycles. The highest BCUT2D eigenvalue weighted by molar-refractivity contribution is 5.64. The SMILES string of the molecule is CC=Cc1cc(C=CC)cc(C=CC)c1. The van der Waals surface area contributed by atoms with Crippen molar-refractivity contribution in [1.29, 1.82) is 0 Å². The number of allylic oxidation sites excluding steroid dienone is 3. The molecule has 0 fully saturated rings. The highest BCUT2D eigenvalue weighted by Crippen LogP contribution is 2.14. The van der Waals surface area contributed by atoms with E-state index in [2.05, 4.69) is 54.7 Å². The van der Waals surface area contributed by atoms with Crippen molar-refractivity contribution in [3.05, 3.63) is 53.1 Å². The molecule has 0 saturated heterocycles. The summed E-state index contributed by atoms with van der Waals surface area (Å²) in [5, 5.41) is 0. The van der Waals surface area contributed by atoms with E-state index in [0.717, 1.165) is 0 Å². The van der Waals surface area contributed by atoms with Gasteiger partial charge in [-0.3, -0.25) is 0 Å². The second kappa shape index (κ2) is 6.02. The van der Waals surface area contributed by atoms with Gasteiger partial charge in [0.2, 0.25) is 0 Å². The standard InChI is InChI=1S/C15H18/c1-4-7-13-10-14(8-5-2)12-15(11-13)9-6-3/h4-12H,1-3H3. The van der Waals surface area contributed by atoms with Gasteiger partial charge in [0.05, 0.1) is 0 Å². The Bertz CT molecular complexity index is 318. The van der Waals surface area contributed by atoms with Gasteiger partial charge in [-0.05, 0) is 55.7 Å². The van der Waals surface area contributed by atoms with Crippen LogP contribution in [0.2, 0.25) is 0 Å². The highest BCUT2D eigenvalue weighted by Gasteiger charge is 1.94. The van der Waals surface area contributed by atoms with Crippen LogP contribution in [-0.2, 0) is 0 Å². The maximum absolute atomic E-state index is 2.19. The lowest BCUT2D eigenvalue weighted by Crippen LogP contribution is -1.80. The third kappa shape index (κ3) is 3.59. The van der Waals surface area contributed by atoms with Crippen LogP contribution in [0.3, 0.4) is 0 Å². The first-order valence-corrected chi connectivity index (χ1v) is 5.33. The van der Waals surface area contributed by atoms with E-state index in [-0.39, 0.29) is 0 Å². The molecule has 78 valence electrons. The zero-order chi connectivity index (χ0) is 11.1. The van der Waals surface area contributed by atoms with Crippen LogP contribution in [0.5, 0.6) is 0 Å². The minimum atomic E-state index is 1.25. The summed E-state index contributed by atoms with van der Waals surface area (Å²) in [6.45, 7) is 6.12. The molecule has 1 aromatic carbocycles. The predicted octanol–water partition coefficient (Wildman–Crippen LogP) is 4.79. The third-order valence-electron chi connectivity index (χ3n) is 2.08. The maximum Gasteiger partial charge on any atom is -0.0248 e. The van der Waals surface area contributed by atoms with E-state index in [4.69, 9.17) is 0 Å². The first-order chi connectivity index (χ1) is 7.30. The number of hydrogen-bond acceptors (Lipinski definition) is 0. The lowest BCUT2D eigenvalue weighted by Gasteiger charge is -2.01. The smallest absolute Gasteiger partial charge is 0.0248 e. The van der Waals surface area contributed by atoms with Crippen molar-refractivity contribution in [3.63, 3.8) is 0 Å². The summed E-state index contributed by atoms with van der Waals surface area (Å²) < 4.78 is 0. The van der Waals surface area contributed by atoms with Crippen LogP contribution in [0.1, 0.15) is 37.5 Å². The largest absolute Gasteiger partial charge is 0.0871 e. The van der Waals surface area contributed by atoms with Gasteiger partial charge in [-0.1, -0.05) is 36.5 Å². The molecule has 0 radical (unpaired) electrons. The van der Waals surface area contributed by atoms with Gasteiger partial charge in [-0.15, -0.1) is 0 Å². The molecule has 0 saturated carbocycles. The molecule has 0 aromatic heterocycles. The third-order valence-corrected chi connectivity index (χ3v) is 2.08. The Hall–Kier alpha value is -1.56. The average molecular weight is 198 g/mol. The highest BCUT2D eigenvalue weighted by atomic mass is 14.0. The molecule has 0 heteroatoms. The summed E-state index contributed by atoms with van der Waals surface area (Å²) in [6.07, 6.45) is 12.6. The van der Waals surface area contributed by atoms with Crippen LogP contribution >= 0.6 is 0 Å². The topological polar surface area (TPSA) is 0 Å². The fourth-order valence-corrected chi connectivity index (χ4v) is 1.57. The lowest BCUT2D eigenvalue weighted by atomic mass is 10.0. The van der Waals surface area contributed by atoms with E-state index >= 15 is 0 Å². The molecular formula is C15H18. The van der Waals surface area contributed by atoms with Gasteiger partial charge >= 0.3 is 0 Å². The van der Waals surface area contributed by atoms with Gasteiger partial charge in [0.25, 0.3) is 0 Å². The molecule has 1 rings (SSSR count). The van der Waals surface area contributed by atoms with Crippen LogP contribution in [-0.4, -0.2) is 0 Å². The second-order valence-electron chi connectivity index (χ2n) is 3.43. The van der Waals surface area contributed by atoms with Gasteiger partial charge < -0.3 is 0 Å². The monoisotopic (exact) mass is 198 g/mol. The van der Waals surface area contributed by atoms with Crippen molar-refractivity contribution in [1.82, 2.24) is 0 Å². The van der Waals surface area contributed by atoms with E-state index in [1.54, 1.807) is 0 Å². The first kappa shape index (κ1) is 11.5. The van der Waals surface area contributed by atoms with E-state index in [9.17, 15) is 0 Å². The molecule has 0 amide bonds. The van der Waals surface area contributed by atoms with Crippen molar-refractivity contribution in [3.8, 4) is 0 Å². The molecule has 0 aliphatic heterocycles. The minimum Gasteiger partial charge on any atom is -0.0871 e. The summed E-state index contributed by atoms with van der Waals surface area (Å²) in [4.78, 5) is 0. The predicted molar refractivity (Wildman–Crippen MR) is 70.6 cm³/mol. The molecular weight excluding hydrogens is 180 g/mol. The number of hydrogen-bond donors (Lipinski definition) is 0. The molecule has 0 spiro atoms. The van der Waals surface area contributed by atoms with Gasteiger partial charge in [0.15, 0.2) is 0 Å². The molecule has 1 aromatic rings. The summed E-state index contributed by atoms with van der Waals surface area (Å²) >= 11 is 0. The van der Waals surface area contributed by atoms with Gasteiger partial charge in [0, 0.05) is 0 Å². The van der Waals surface area contributed by atoms with Crippen molar-refractivity contribution in [2.75, 3.05) is 0 Å². The zero-order valence-electron chi connectivity index (χ0n) is 9.70. The summed E-state index contributed by atoms with van der Waals surface area (Å²) in [7, 11) is 0. The Morgan fingerprint density at radius 3 is 1.07 bits per heavy atom. The molecule has 0 aliphatic rings. The van der Waals surface area contributed by atoms with Crippen molar-refractivity contribution in [2.45, 2.75) is 20.8 Å². The minimum absolute atomic E-state index is 1.25. The fraction of sp³-hybridized carbons (Fsp3) is 0.200. The Kier molecular flexibility index (Phi) is 4.62. The fourth-order valence-electron chi connectivity index (χ4n) is 1.57. The van der Waals surface area contributed by atoms with Crippen LogP contribution in [0.15, 0.2) is 36.4 Å². The van der Waals surface area contributed by atoms with Crippen LogP contribution in [0, 0.1) is 0 Å². The molecule has 0 nitrogen and oxygen atoms in total. The van der Waals surface area contributed by atoms with E-state index in [1.165, 1.54) is 16.7 Å². The van der Waals surface area contributed by atoms with Gasteiger partial charge in [0.1, 0.15) is 0 Å². The summed E-state index contributed by atoms with van der Waals surface area (Å²) in [5.74, 6) is 0. The average Bonchev–Trinajstić information content (AvgIpc) is 2.19. The quantitative estimate of drug-likeness (QED) is 0.655. The Morgan fingerprint density at radius 2 is 0.867 bits per heavy atom. The molecule has 0 bridgehead atoms. The molecule has 15 heavy (non-hydrogen) atoms. The Balaban J connectivity index is 3.19. The normalized spacial score (nSPS) is 12.2. The van der Waals surface area contributed by atoms with Gasteiger partial charge in [-0.2, -0.15) is 0 Å². The van der Waals surface area contributed by atoms with Gasteiger partial charge in [-0.25, -0.2) is 0 Å². The Morgan fingerprint density at radius 1 is 0.600 bits per heavy atom. The molecule has 0 atom stereocenters. The number of benzene rings is 1. The van der Waals surface area contributed by atoms with Crippen molar-refractivity contribution in [2.24, 2.45) is 0 Å². The van der Waals surface area contributed by atoms with Crippen LogP contribution in [0.4, 0.5) is 0 Å². The second-order valence-corrected chi connectivity index (χ2v) is 3.43. The maximum atomic E-state index is 2.19.